The van der Waals surface area contributed by atoms with E-state index >= 15 is 0 Å². The second-order valence-electron chi connectivity index (χ2n) is 6.72. The van der Waals surface area contributed by atoms with Crippen LogP contribution in [0.4, 0.5) is 26.3 Å². The SMILES string of the molecule is [CH]=CCC(F)C(C=CCC(F)Cc1ccc(C(F)(F)F)cc1)c1ccc(F)cc1. The van der Waals surface area contributed by atoms with Crippen LogP contribution in [0.3, 0.4) is 0 Å². The van der Waals surface area contributed by atoms with Gasteiger partial charge in [-0.25, -0.2) is 13.2 Å². The molecule has 0 saturated carbocycles. The summed E-state index contributed by atoms with van der Waals surface area (Å²) in [7, 11) is 0. The van der Waals surface area contributed by atoms with Crippen LogP contribution in [-0.2, 0) is 12.6 Å². The highest BCUT2D eigenvalue weighted by molar-refractivity contribution is 5.27. The van der Waals surface area contributed by atoms with Gasteiger partial charge in [-0.1, -0.05) is 49.1 Å². The van der Waals surface area contributed by atoms with Crippen molar-refractivity contribution >= 4 is 0 Å². The molecule has 155 valence electrons. The third-order valence-electron chi connectivity index (χ3n) is 4.48. The molecule has 0 heterocycles. The Kier molecular flexibility index (Phi) is 8.11. The quantitative estimate of drug-likeness (QED) is 0.303. The molecule has 3 atom stereocenters. The number of benzene rings is 2. The summed E-state index contributed by atoms with van der Waals surface area (Å²) in [4.78, 5) is 0. The molecule has 0 aromatic heterocycles. The maximum atomic E-state index is 14.4. The fourth-order valence-corrected chi connectivity index (χ4v) is 2.94. The van der Waals surface area contributed by atoms with Gasteiger partial charge in [0.2, 0.25) is 0 Å². The number of hydrogen-bond acceptors (Lipinski definition) is 0. The Morgan fingerprint density at radius 1 is 0.897 bits per heavy atom. The number of hydrogen-bond donors (Lipinski definition) is 0. The Hall–Kier alpha value is -2.50. The van der Waals surface area contributed by atoms with E-state index in [4.69, 9.17) is 6.58 Å². The zero-order valence-corrected chi connectivity index (χ0v) is 15.5. The number of alkyl halides is 5. The van der Waals surface area contributed by atoms with Crippen LogP contribution in [0.1, 0.15) is 35.4 Å². The Morgan fingerprint density at radius 2 is 1.52 bits per heavy atom. The molecule has 0 saturated heterocycles. The zero-order valence-electron chi connectivity index (χ0n) is 15.5. The molecule has 0 nitrogen and oxygen atoms in total. The molecule has 0 aliphatic carbocycles. The van der Waals surface area contributed by atoms with Crippen molar-refractivity contribution < 1.29 is 26.3 Å². The summed E-state index contributed by atoms with van der Waals surface area (Å²) >= 11 is 0. The van der Waals surface area contributed by atoms with E-state index in [9.17, 15) is 26.3 Å². The highest BCUT2D eigenvalue weighted by atomic mass is 19.4. The molecule has 3 unspecified atom stereocenters. The van der Waals surface area contributed by atoms with Crippen LogP contribution >= 0.6 is 0 Å². The van der Waals surface area contributed by atoms with Gasteiger partial charge in [-0.2, -0.15) is 13.2 Å². The number of allylic oxidation sites excluding steroid dienone is 3. The van der Waals surface area contributed by atoms with Gasteiger partial charge in [0.1, 0.15) is 18.2 Å². The summed E-state index contributed by atoms with van der Waals surface area (Å²) in [5.74, 6) is -1.16. The summed E-state index contributed by atoms with van der Waals surface area (Å²) in [5.41, 5.74) is 0.189. The Labute approximate surface area is 166 Å². The fraction of sp³-hybridized carbons (Fsp3) is 0.304. The second-order valence-corrected chi connectivity index (χ2v) is 6.72. The van der Waals surface area contributed by atoms with Gasteiger partial charge in [-0.15, -0.1) is 0 Å². The molecule has 0 spiro atoms. The molecule has 0 amide bonds. The van der Waals surface area contributed by atoms with E-state index in [1.54, 1.807) is 0 Å². The third kappa shape index (κ3) is 7.11. The normalized spacial score (nSPS) is 15.2. The maximum Gasteiger partial charge on any atom is 0.416 e. The van der Waals surface area contributed by atoms with Crippen LogP contribution in [0.15, 0.2) is 66.8 Å². The maximum absolute atomic E-state index is 14.4. The highest BCUT2D eigenvalue weighted by Gasteiger charge is 2.30. The second kappa shape index (κ2) is 10.3. The Bertz CT molecular complexity index is 790. The minimum Gasteiger partial charge on any atom is -0.247 e. The summed E-state index contributed by atoms with van der Waals surface area (Å²) in [6.45, 7) is 5.29. The van der Waals surface area contributed by atoms with E-state index in [2.05, 4.69) is 0 Å². The lowest BCUT2D eigenvalue weighted by Crippen LogP contribution is -2.12. The van der Waals surface area contributed by atoms with E-state index < -0.39 is 35.8 Å². The minimum absolute atomic E-state index is 0.0169. The topological polar surface area (TPSA) is 0 Å². The lowest BCUT2D eigenvalue weighted by atomic mass is 9.91. The van der Waals surface area contributed by atoms with Gasteiger partial charge >= 0.3 is 6.18 Å². The van der Waals surface area contributed by atoms with E-state index in [1.807, 2.05) is 0 Å². The number of halogens is 6. The van der Waals surface area contributed by atoms with Crippen molar-refractivity contribution in [1.29, 1.82) is 0 Å². The lowest BCUT2D eigenvalue weighted by Gasteiger charge is -2.17. The van der Waals surface area contributed by atoms with Crippen molar-refractivity contribution in [3.05, 3.63) is 95.8 Å². The van der Waals surface area contributed by atoms with E-state index in [-0.39, 0.29) is 19.3 Å². The molecule has 0 bridgehead atoms. The van der Waals surface area contributed by atoms with Crippen molar-refractivity contribution in [1.82, 2.24) is 0 Å². The van der Waals surface area contributed by atoms with E-state index in [0.717, 1.165) is 12.1 Å². The van der Waals surface area contributed by atoms with Crippen molar-refractivity contribution in [3.8, 4) is 0 Å². The molecular weight excluding hydrogens is 390 g/mol. The van der Waals surface area contributed by atoms with Crippen LogP contribution in [0, 0.1) is 12.4 Å². The standard InChI is InChI=1S/C23H21F6/c1-2-4-22(26)21(17-9-13-19(24)14-10-17)6-3-5-20(25)15-16-7-11-18(12-8-16)23(27,28)29/h1-3,6-14,20-22H,4-5,15H2. The van der Waals surface area contributed by atoms with Crippen LogP contribution in [-0.4, -0.2) is 12.3 Å². The molecule has 0 aliphatic rings. The third-order valence-corrected chi connectivity index (χ3v) is 4.48. The molecule has 1 radical (unpaired) electrons. The summed E-state index contributed by atoms with van der Waals surface area (Å²) < 4.78 is 79.4. The minimum atomic E-state index is -4.43. The van der Waals surface area contributed by atoms with Crippen molar-refractivity contribution in [2.24, 2.45) is 0 Å². The monoisotopic (exact) mass is 411 g/mol. The van der Waals surface area contributed by atoms with Crippen molar-refractivity contribution in [2.75, 3.05) is 0 Å². The van der Waals surface area contributed by atoms with Gasteiger partial charge in [0.15, 0.2) is 0 Å². The lowest BCUT2D eigenvalue weighted by molar-refractivity contribution is -0.137. The predicted molar refractivity (Wildman–Crippen MR) is 101 cm³/mol. The summed E-state index contributed by atoms with van der Waals surface area (Å²) in [5, 5.41) is 0. The van der Waals surface area contributed by atoms with Crippen LogP contribution in [0.5, 0.6) is 0 Å². The van der Waals surface area contributed by atoms with Gasteiger partial charge in [-0.05, 0) is 48.2 Å². The predicted octanol–water partition coefficient (Wildman–Crippen LogP) is 7.17. The average molecular weight is 411 g/mol. The number of rotatable bonds is 9. The van der Waals surface area contributed by atoms with Crippen LogP contribution < -0.4 is 0 Å². The largest absolute Gasteiger partial charge is 0.416 e. The molecule has 0 fully saturated rings. The zero-order chi connectivity index (χ0) is 21.4. The van der Waals surface area contributed by atoms with Gasteiger partial charge in [0.25, 0.3) is 0 Å². The van der Waals surface area contributed by atoms with Crippen molar-refractivity contribution in [2.45, 2.75) is 43.7 Å². The van der Waals surface area contributed by atoms with E-state index in [0.29, 0.717) is 11.1 Å². The van der Waals surface area contributed by atoms with E-state index in [1.165, 1.54) is 54.6 Å². The molecule has 2 rings (SSSR count). The van der Waals surface area contributed by atoms with Gasteiger partial charge in [0, 0.05) is 12.3 Å². The first kappa shape index (κ1) is 22.8. The highest BCUT2D eigenvalue weighted by Crippen LogP contribution is 2.30. The van der Waals surface area contributed by atoms with Gasteiger partial charge in [0.05, 0.1) is 5.56 Å². The fourth-order valence-electron chi connectivity index (χ4n) is 2.94. The summed E-state index contributed by atoms with van der Waals surface area (Å²) in [6.07, 6.45) is -3.03. The molecule has 2 aromatic rings. The first-order valence-electron chi connectivity index (χ1n) is 9.10. The molecule has 0 aliphatic heterocycles. The Balaban J connectivity index is 2.00. The van der Waals surface area contributed by atoms with Gasteiger partial charge in [-0.3, -0.25) is 0 Å². The average Bonchev–Trinajstić information content (AvgIpc) is 2.66. The first-order chi connectivity index (χ1) is 13.7. The van der Waals surface area contributed by atoms with Crippen LogP contribution in [0.2, 0.25) is 0 Å². The smallest absolute Gasteiger partial charge is 0.247 e. The van der Waals surface area contributed by atoms with Gasteiger partial charge < -0.3 is 0 Å². The Morgan fingerprint density at radius 3 is 2.07 bits per heavy atom. The molecule has 29 heavy (non-hydrogen) atoms. The molecule has 0 N–H and O–H groups in total. The first-order valence-corrected chi connectivity index (χ1v) is 9.10. The molecular formula is C23H21F6. The van der Waals surface area contributed by atoms with Crippen LogP contribution in [0.25, 0.3) is 0 Å². The molecule has 2 aromatic carbocycles. The van der Waals surface area contributed by atoms with Crippen molar-refractivity contribution in [3.63, 3.8) is 0 Å². The molecule has 6 heteroatoms. The summed E-state index contributed by atoms with van der Waals surface area (Å²) in [6, 6.07) is 9.68.